The molecule has 0 aliphatic heterocycles. The van der Waals surface area contributed by atoms with Crippen LogP contribution in [0.4, 0.5) is 0 Å². The maximum Gasteiger partial charge on any atom is 0.297 e. The summed E-state index contributed by atoms with van der Waals surface area (Å²) in [6.45, 7) is 1.87. The number of hydrogen-bond acceptors (Lipinski definition) is 7. The zero-order valence-electron chi connectivity index (χ0n) is 17.4. The van der Waals surface area contributed by atoms with Gasteiger partial charge in [-0.2, -0.15) is 4.68 Å². The molecule has 0 N–H and O–H groups in total. The Balaban J connectivity index is 1.43. The Labute approximate surface area is 187 Å². The van der Waals surface area contributed by atoms with Gasteiger partial charge in [0.05, 0.1) is 23.3 Å². The lowest BCUT2D eigenvalue weighted by molar-refractivity contribution is 0.529. The molecule has 0 unspecified atom stereocenters. The number of thioether (sulfide) groups is 1. The lowest BCUT2D eigenvalue weighted by Gasteiger charge is -2.07. The molecular formula is C22H19N7O2S. The molecule has 5 aromatic rings. The highest BCUT2D eigenvalue weighted by Crippen LogP contribution is 2.26. The Morgan fingerprint density at radius 1 is 1.03 bits per heavy atom. The van der Waals surface area contributed by atoms with Gasteiger partial charge in [-0.15, -0.1) is 5.10 Å². The highest BCUT2D eigenvalue weighted by Gasteiger charge is 2.22. The molecule has 0 radical (unpaired) electrons. The van der Waals surface area contributed by atoms with Gasteiger partial charge in [-0.3, -0.25) is 9.48 Å². The summed E-state index contributed by atoms with van der Waals surface area (Å²) in [4.78, 5) is 17.6. The van der Waals surface area contributed by atoms with Gasteiger partial charge in [0, 0.05) is 12.6 Å². The van der Waals surface area contributed by atoms with Gasteiger partial charge < -0.3 is 4.42 Å². The van der Waals surface area contributed by atoms with Crippen LogP contribution >= 0.6 is 11.8 Å². The van der Waals surface area contributed by atoms with Crippen LogP contribution in [0.1, 0.15) is 11.6 Å². The Bertz CT molecular complexity index is 1420. The molecule has 0 aliphatic carbocycles. The van der Waals surface area contributed by atoms with Crippen molar-refractivity contribution in [3.63, 3.8) is 0 Å². The van der Waals surface area contributed by atoms with Crippen molar-refractivity contribution < 1.29 is 4.42 Å². The molecule has 160 valence electrons. The van der Waals surface area contributed by atoms with Crippen molar-refractivity contribution in [2.75, 3.05) is 0 Å². The van der Waals surface area contributed by atoms with Gasteiger partial charge in [-0.05, 0) is 29.5 Å². The van der Waals surface area contributed by atoms with E-state index in [1.165, 1.54) is 16.4 Å². The Morgan fingerprint density at radius 2 is 1.75 bits per heavy atom. The van der Waals surface area contributed by atoms with E-state index in [2.05, 4.69) is 20.5 Å². The van der Waals surface area contributed by atoms with Crippen LogP contribution in [-0.4, -0.2) is 34.6 Å². The van der Waals surface area contributed by atoms with E-state index in [0.29, 0.717) is 28.2 Å². The number of para-hydroxylation sites is 1. The summed E-state index contributed by atoms with van der Waals surface area (Å²) >= 11 is 1.35. The van der Waals surface area contributed by atoms with Gasteiger partial charge in [-0.25, -0.2) is 9.67 Å². The van der Waals surface area contributed by atoms with E-state index in [9.17, 15) is 4.79 Å². The number of benzene rings is 2. The first-order chi connectivity index (χ1) is 15.6. The molecule has 0 amide bonds. The summed E-state index contributed by atoms with van der Waals surface area (Å²) in [5.41, 5.74) is 2.68. The predicted molar refractivity (Wildman–Crippen MR) is 120 cm³/mol. The monoisotopic (exact) mass is 445 g/mol. The Kier molecular flexibility index (Phi) is 5.20. The first-order valence-electron chi connectivity index (χ1n) is 9.89. The third kappa shape index (κ3) is 3.54. The van der Waals surface area contributed by atoms with Crippen LogP contribution in [0, 0.1) is 6.92 Å². The van der Waals surface area contributed by atoms with E-state index in [1.54, 1.807) is 15.6 Å². The number of rotatable bonds is 6. The molecule has 0 bridgehead atoms. The van der Waals surface area contributed by atoms with Crippen molar-refractivity contribution in [1.82, 2.24) is 34.6 Å². The molecule has 9 nitrogen and oxygen atoms in total. The molecule has 0 saturated heterocycles. The summed E-state index contributed by atoms with van der Waals surface area (Å²) < 4.78 is 10.7. The van der Waals surface area contributed by atoms with E-state index in [0.717, 1.165) is 16.9 Å². The largest absolute Gasteiger partial charge is 0.440 e. The van der Waals surface area contributed by atoms with Crippen molar-refractivity contribution in [3.05, 3.63) is 88.8 Å². The second-order valence-corrected chi connectivity index (χ2v) is 8.00. The second-order valence-electron chi connectivity index (χ2n) is 7.06. The van der Waals surface area contributed by atoms with Crippen molar-refractivity contribution >= 4 is 11.8 Å². The standard InChI is InChI=1S/C22H19N7O2S/c1-15-20(21(30)29(27(15)2)17-11-7-4-8-12-17)28-22(24-25-26-28)32-14-19-23-13-18(31-19)16-9-5-3-6-10-16/h3-13H,14H2,1-2H3. The van der Waals surface area contributed by atoms with Crippen LogP contribution in [0.3, 0.4) is 0 Å². The predicted octanol–water partition coefficient (Wildman–Crippen LogP) is 3.41. The highest BCUT2D eigenvalue weighted by atomic mass is 32.2. The van der Waals surface area contributed by atoms with Gasteiger partial charge >= 0.3 is 0 Å². The number of oxazole rings is 1. The quantitative estimate of drug-likeness (QED) is 0.370. The summed E-state index contributed by atoms with van der Waals surface area (Å²) in [6, 6.07) is 19.2. The lowest BCUT2D eigenvalue weighted by atomic mass is 10.2. The van der Waals surface area contributed by atoms with Crippen LogP contribution in [-0.2, 0) is 12.8 Å². The second kappa shape index (κ2) is 8.31. The van der Waals surface area contributed by atoms with Gasteiger partial charge in [0.2, 0.25) is 11.0 Å². The van der Waals surface area contributed by atoms with Crippen molar-refractivity contribution in [3.8, 4) is 22.7 Å². The summed E-state index contributed by atoms with van der Waals surface area (Å²) in [5.74, 6) is 1.67. The van der Waals surface area contributed by atoms with Gasteiger partial charge in [0.25, 0.3) is 5.56 Å². The minimum absolute atomic E-state index is 0.201. The summed E-state index contributed by atoms with van der Waals surface area (Å²) in [5, 5.41) is 12.5. The SMILES string of the molecule is Cc1c(-n2nnnc2SCc2ncc(-c3ccccc3)o2)c(=O)n(-c2ccccc2)n1C. The number of tetrazole rings is 1. The van der Waals surface area contributed by atoms with Gasteiger partial charge in [-0.1, -0.05) is 60.3 Å². The van der Waals surface area contributed by atoms with Gasteiger partial charge in [0.15, 0.2) is 11.4 Å². The van der Waals surface area contributed by atoms with E-state index in [1.807, 2.05) is 74.6 Å². The Hall–Kier alpha value is -3.92. The molecule has 0 atom stereocenters. The van der Waals surface area contributed by atoms with E-state index < -0.39 is 0 Å². The fraction of sp³-hybridized carbons (Fsp3) is 0.136. The molecular weight excluding hydrogens is 426 g/mol. The third-order valence-corrected chi connectivity index (χ3v) is 6.02. The number of hydrogen-bond donors (Lipinski definition) is 0. The van der Waals surface area contributed by atoms with Gasteiger partial charge in [0.1, 0.15) is 0 Å². The van der Waals surface area contributed by atoms with Crippen molar-refractivity contribution in [1.29, 1.82) is 0 Å². The zero-order chi connectivity index (χ0) is 22.1. The normalized spacial score (nSPS) is 11.2. The zero-order valence-corrected chi connectivity index (χ0v) is 18.2. The van der Waals surface area contributed by atoms with E-state index in [4.69, 9.17) is 4.42 Å². The molecule has 0 saturated carbocycles. The maximum absolute atomic E-state index is 13.3. The summed E-state index contributed by atoms with van der Waals surface area (Å²) in [6.07, 6.45) is 1.70. The lowest BCUT2D eigenvalue weighted by Crippen LogP contribution is -2.22. The van der Waals surface area contributed by atoms with Crippen LogP contribution < -0.4 is 5.56 Å². The van der Waals surface area contributed by atoms with Crippen LogP contribution in [0.2, 0.25) is 0 Å². The first kappa shape index (κ1) is 20.0. The topological polar surface area (TPSA) is 96.6 Å². The molecule has 0 aliphatic rings. The summed E-state index contributed by atoms with van der Waals surface area (Å²) in [7, 11) is 1.84. The smallest absolute Gasteiger partial charge is 0.297 e. The van der Waals surface area contributed by atoms with E-state index >= 15 is 0 Å². The molecule has 0 fully saturated rings. The molecule has 0 spiro atoms. The average molecular weight is 446 g/mol. The van der Waals surface area contributed by atoms with Crippen molar-refractivity contribution in [2.45, 2.75) is 17.8 Å². The molecule has 3 heterocycles. The fourth-order valence-electron chi connectivity index (χ4n) is 3.45. The molecule has 2 aromatic carbocycles. The fourth-order valence-corrected chi connectivity index (χ4v) is 4.18. The maximum atomic E-state index is 13.3. The molecule has 3 aromatic heterocycles. The highest BCUT2D eigenvalue weighted by molar-refractivity contribution is 7.98. The van der Waals surface area contributed by atoms with Crippen LogP contribution in [0.25, 0.3) is 22.7 Å². The molecule has 10 heteroatoms. The van der Waals surface area contributed by atoms with Crippen molar-refractivity contribution in [2.24, 2.45) is 7.05 Å². The van der Waals surface area contributed by atoms with E-state index in [-0.39, 0.29) is 5.56 Å². The average Bonchev–Trinajstić information content (AvgIpc) is 3.53. The first-order valence-corrected chi connectivity index (χ1v) is 10.9. The number of nitrogens with zero attached hydrogens (tertiary/aromatic N) is 7. The molecule has 5 rings (SSSR count). The minimum atomic E-state index is -0.201. The molecule has 32 heavy (non-hydrogen) atoms. The minimum Gasteiger partial charge on any atom is -0.440 e. The third-order valence-electron chi connectivity index (χ3n) is 5.11. The van der Waals surface area contributed by atoms with Crippen LogP contribution in [0.15, 0.2) is 81.2 Å². The number of aromatic nitrogens is 7. The van der Waals surface area contributed by atoms with Crippen LogP contribution in [0.5, 0.6) is 0 Å². The Morgan fingerprint density at radius 3 is 2.50 bits per heavy atom.